The van der Waals surface area contributed by atoms with E-state index in [-0.39, 0.29) is 5.82 Å². The van der Waals surface area contributed by atoms with E-state index >= 15 is 0 Å². The summed E-state index contributed by atoms with van der Waals surface area (Å²) in [7, 11) is 0. The zero-order chi connectivity index (χ0) is 13.1. The number of rotatable bonds is 3. The molecule has 0 radical (unpaired) electrons. The fourth-order valence-corrected chi connectivity index (χ4v) is 2.88. The lowest BCUT2D eigenvalue weighted by Gasteiger charge is -2.21. The molecule has 4 heteroatoms. The molecule has 1 saturated carbocycles. The standard InChI is InChI=1S/C15H20FN3/c16-12-7-3-8-13(19-11-5-1-2-6-11)14(12)15-17-9-4-10-18-15/h3,7-8,11,19H,1-2,4-6,9-10H2,(H,17,18). The van der Waals surface area contributed by atoms with E-state index in [1.165, 1.54) is 31.7 Å². The Morgan fingerprint density at radius 1 is 1.21 bits per heavy atom. The summed E-state index contributed by atoms with van der Waals surface area (Å²) >= 11 is 0. The van der Waals surface area contributed by atoms with Crippen molar-refractivity contribution in [2.75, 3.05) is 18.4 Å². The highest BCUT2D eigenvalue weighted by molar-refractivity contribution is 6.04. The molecular weight excluding hydrogens is 241 g/mol. The fraction of sp³-hybridized carbons (Fsp3) is 0.533. The highest BCUT2D eigenvalue weighted by Crippen LogP contribution is 2.26. The molecule has 1 heterocycles. The summed E-state index contributed by atoms with van der Waals surface area (Å²) in [6.07, 6.45) is 5.90. The van der Waals surface area contributed by atoms with E-state index in [1.807, 2.05) is 6.07 Å². The summed E-state index contributed by atoms with van der Waals surface area (Å²) in [5, 5.41) is 6.70. The zero-order valence-electron chi connectivity index (χ0n) is 11.1. The number of hydrogen-bond acceptors (Lipinski definition) is 3. The van der Waals surface area contributed by atoms with Crippen molar-refractivity contribution in [3.05, 3.63) is 29.6 Å². The molecule has 1 fully saturated rings. The Labute approximate surface area is 113 Å². The van der Waals surface area contributed by atoms with Crippen molar-refractivity contribution in [1.29, 1.82) is 0 Å². The predicted octanol–water partition coefficient (Wildman–Crippen LogP) is 2.92. The van der Waals surface area contributed by atoms with Crippen LogP contribution in [0.25, 0.3) is 0 Å². The number of benzene rings is 1. The lowest BCUT2D eigenvalue weighted by atomic mass is 10.1. The van der Waals surface area contributed by atoms with Crippen LogP contribution in [0.1, 0.15) is 37.7 Å². The van der Waals surface area contributed by atoms with Crippen LogP contribution in [0.15, 0.2) is 23.2 Å². The smallest absolute Gasteiger partial charge is 0.136 e. The van der Waals surface area contributed by atoms with E-state index in [1.54, 1.807) is 6.07 Å². The van der Waals surface area contributed by atoms with Crippen molar-refractivity contribution in [3.63, 3.8) is 0 Å². The maximum atomic E-state index is 14.1. The first kappa shape index (κ1) is 12.5. The van der Waals surface area contributed by atoms with Gasteiger partial charge in [0.25, 0.3) is 0 Å². The summed E-state index contributed by atoms with van der Waals surface area (Å²) in [6.45, 7) is 1.65. The van der Waals surface area contributed by atoms with E-state index in [2.05, 4.69) is 15.6 Å². The van der Waals surface area contributed by atoms with Crippen LogP contribution in [0, 0.1) is 5.82 Å². The minimum atomic E-state index is -0.198. The SMILES string of the molecule is Fc1cccc(NC2CCCC2)c1C1=NCCCN1. The lowest BCUT2D eigenvalue weighted by molar-refractivity contribution is 0.621. The monoisotopic (exact) mass is 261 g/mol. The average molecular weight is 261 g/mol. The van der Waals surface area contributed by atoms with Gasteiger partial charge in [0.05, 0.1) is 5.56 Å². The number of aliphatic imine (C=N–C) groups is 1. The summed E-state index contributed by atoms with van der Waals surface area (Å²) in [6, 6.07) is 5.70. The number of amidine groups is 1. The van der Waals surface area contributed by atoms with Crippen molar-refractivity contribution in [3.8, 4) is 0 Å². The van der Waals surface area contributed by atoms with Crippen LogP contribution >= 0.6 is 0 Å². The zero-order valence-corrected chi connectivity index (χ0v) is 11.1. The Morgan fingerprint density at radius 3 is 2.79 bits per heavy atom. The summed E-state index contributed by atoms with van der Waals surface area (Å²) in [4.78, 5) is 4.42. The van der Waals surface area contributed by atoms with Crippen LogP contribution in [-0.2, 0) is 0 Å². The molecule has 0 aromatic heterocycles. The van der Waals surface area contributed by atoms with Crippen LogP contribution in [0.2, 0.25) is 0 Å². The maximum absolute atomic E-state index is 14.1. The van der Waals surface area contributed by atoms with Crippen molar-refractivity contribution < 1.29 is 4.39 Å². The van der Waals surface area contributed by atoms with Gasteiger partial charge in [0.1, 0.15) is 11.7 Å². The summed E-state index contributed by atoms with van der Waals surface area (Å²) in [5.74, 6) is 0.501. The quantitative estimate of drug-likeness (QED) is 0.877. The van der Waals surface area contributed by atoms with Crippen LogP contribution < -0.4 is 10.6 Å². The molecular formula is C15H20FN3. The van der Waals surface area contributed by atoms with Crippen LogP contribution in [0.3, 0.4) is 0 Å². The molecule has 3 nitrogen and oxygen atoms in total. The third-order valence-corrected chi connectivity index (χ3v) is 3.86. The van der Waals surface area contributed by atoms with Gasteiger partial charge in [-0.2, -0.15) is 0 Å². The van der Waals surface area contributed by atoms with Gasteiger partial charge in [-0.1, -0.05) is 18.9 Å². The second kappa shape index (κ2) is 5.59. The molecule has 1 aromatic rings. The van der Waals surface area contributed by atoms with Crippen LogP contribution in [0.5, 0.6) is 0 Å². The molecule has 0 bridgehead atoms. The first-order valence-electron chi connectivity index (χ1n) is 7.18. The molecule has 102 valence electrons. The summed E-state index contributed by atoms with van der Waals surface area (Å²) < 4.78 is 14.1. The molecule has 2 aliphatic rings. The van der Waals surface area contributed by atoms with Crippen LogP contribution in [0.4, 0.5) is 10.1 Å². The van der Waals surface area contributed by atoms with E-state index in [9.17, 15) is 4.39 Å². The highest BCUT2D eigenvalue weighted by Gasteiger charge is 2.20. The van der Waals surface area contributed by atoms with E-state index < -0.39 is 0 Å². The first-order chi connectivity index (χ1) is 9.34. The van der Waals surface area contributed by atoms with Crippen molar-refractivity contribution in [2.24, 2.45) is 4.99 Å². The Morgan fingerprint density at radius 2 is 2.05 bits per heavy atom. The Bertz CT molecular complexity index is 478. The molecule has 0 amide bonds. The maximum Gasteiger partial charge on any atom is 0.136 e. The number of anilines is 1. The molecule has 1 aromatic carbocycles. The third kappa shape index (κ3) is 2.72. The van der Waals surface area contributed by atoms with E-state index in [4.69, 9.17) is 0 Å². The Kier molecular flexibility index (Phi) is 3.67. The van der Waals surface area contributed by atoms with Gasteiger partial charge in [0, 0.05) is 24.8 Å². The van der Waals surface area contributed by atoms with Crippen LogP contribution in [-0.4, -0.2) is 25.0 Å². The Hall–Kier alpha value is -1.58. The van der Waals surface area contributed by atoms with Crippen molar-refractivity contribution >= 4 is 11.5 Å². The van der Waals surface area contributed by atoms with Gasteiger partial charge in [-0.25, -0.2) is 4.39 Å². The van der Waals surface area contributed by atoms with Gasteiger partial charge in [0.2, 0.25) is 0 Å². The predicted molar refractivity (Wildman–Crippen MR) is 76.3 cm³/mol. The minimum Gasteiger partial charge on any atom is -0.382 e. The van der Waals surface area contributed by atoms with E-state index in [0.717, 1.165) is 25.2 Å². The van der Waals surface area contributed by atoms with Gasteiger partial charge in [-0.15, -0.1) is 0 Å². The molecule has 1 aliphatic heterocycles. The lowest BCUT2D eigenvalue weighted by Crippen LogP contribution is -2.32. The van der Waals surface area contributed by atoms with Gasteiger partial charge in [-0.3, -0.25) is 4.99 Å². The second-order valence-electron chi connectivity index (χ2n) is 5.30. The van der Waals surface area contributed by atoms with E-state index in [0.29, 0.717) is 17.4 Å². The van der Waals surface area contributed by atoms with Crippen molar-refractivity contribution in [1.82, 2.24) is 5.32 Å². The molecule has 1 aliphatic carbocycles. The molecule has 0 unspecified atom stereocenters. The topological polar surface area (TPSA) is 36.4 Å². The normalized spacial score (nSPS) is 19.9. The van der Waals surface area contributed by atoms with Gasteiger partial charge < -0.3 is 10.6 Å². The molecule has 0 spiro atoms. The average Bonchev–Trinajstić information content (AvgIpc) is 2.93. The number of hydrogen-bond donors (Lipinski definition) is 2. The number of halogens is 1. The highest BCUT2D eigenvalue weighted by atomic mass is 19.1. The second-order valence-corrected chi connectivity index (χ2v) is 5.30. The van der Waals surface area contributed by atoms with Gasteiger partial charge in [-0.05, 0) is 31.4 Å². The van der Waals surface area contributed by atoms with Gasteiger partial charge >= 0.3 is 0 Å². The summed E-state index contributed by atoms with van der Waals surface area (Å²) in [5.41, 5.74) is 1.48. The third-order valence-electron chi connectivity index (χ3n) is 3.86. The number of nitrogens with one attached hydrogen (secondary N) is 2. The largest absolute Gasteiger partial charge is 0.382 e. The number of nitrogens with zero attached hydrogens (tertiary/aromatic N) is 1. The van der Waals surface area contributed by atoms with Crippen molar-refractivity contribution in [2.45, 2.75) is 38.1 Å². The Balaban J connectivity index is 1.89. The molecule has 19 heavy (non-hydrogen) atoms. The minimum absolute atomic E-state index is 0.198. The molecule has 2 N–H and O–H groups in total. The molecule has 0 atom stereocenters. The molecule has 0 saturated heterocycles. The van der Waals surface area contributed by atoms with Gasteiger partial charge in [0.15, 0.2) is 0 Å². The molecule has 3 rings (SSSR count). The first-order valence-corrected chi connectivity index (χ1v) is 7.18. The fourth-order valence-electron chi connectivity index (χ4n) is 2.88.